The number of carbonyl (C=O) groups is 1. The third-order valence-electron chi connectivity index (χ3n) is 3.81. The van der Waals surface area contributed by atoms with Gasteiger partial charge in [-0.25, -0.2) is 0 Å². The van der Waals surface area contributed by atoms with Gasteiger partial charge in [-0.05, 0) is 50.4 Å². The molecule has 1 saturated heterocycles. The van der Waals surface area contributed by atoms with Gasteiger partial charge in [0, 0.05) is 24.8 Å². The number of hydrogen-bond acceptors (Lipinski definition) is 3. The van der Waals surface area contributed by atoms with Gasteiger partial charge < -0.3 is 16.0 Å². The van der Waals surface area contributed by atoms with Crippen molar-refractivity contribution in [3.63, 3.8) is 0 Å². The molecule has 110 valence electrons. The zero-order valence-electron chi connectivity index (χ0n) is 12.4. The summed E-state index contributed by atoms with van der Waals surface area (Å²) >= 11 is 0. The molecule has 1 aliphatic heterocycles. The average Bonchev–Trinajstić information content (AvgIpc) is 2.93. The highest BCUT2D eigenvalue weighted by molar-refractivity contribution is 5.78. The summed E-state index contributed by atoms with van der Waals surface area (Å²) in [6, 6.07) is 9.24. The first-order chi connectivity index (χ1) is 9.67. The number of anilines is 1. The molecule has 0 aromatic heterocycles. The minimum absolute atomic E-state index is 0.0476. The van der Waals surface area contributed by atoms with Crippen molar-refractivity contribution >= 4 is 11.6 Å². The van der Waals surface area contributed by atoms with Crippen LogP contribution < -0.4 is 16.0 Å². The lowest BCUT2D eigenvalue weighted by atomic mass is 10.1. The number of nitrogens with one attached hydrogen (secondary N) is 3. The first-order valence-corrected chi connectivity index (χ1v) is 7.47. The lowest BCUT2D eigenvalue weighted by molar-refractivity contribution is -0.119. The third kappa shape index (κ3) is 4.53. The molecule has 2 atom stereocenters. The van der Waals surface area contributed by atoms with Crippen molar-refractivity contribution in [1.29, 1.82) is 0 Å². The highest BCUT2D eigenvalue weighted by Crippen LogP contribution is 2.16. The Balaban J connectivity index is 1.81. The lowest BCUT2D eigenvalue weighted by Crippen LogP contribution is -2.29. The van der Waals surface area contributed by atoms with Gasteiger partial charge in [-0.2, -0.15) is 0 Å². The number of rotatable bonds is 6. The Morgan fingerprint density at radius 2 is 2.15 bits per heavy atom. The minimum atomic E-state index is 0.0476. The van der Waals surface area contributed by atoms with Gasteiger partial charge in [0.25, 0.3) is 0 Å². The number of benzene rings is 1. The molecule has 1 heterocycles. The molecular weight excluding hydrogens is 250 g/mol. The van der Waals surface area contributed by atoms with Crippen LogP contribution in [-0.4, -0.2) is 31.6 Å². The largest absolute Gasteiger partial charge is 0.383 e. The molecule has 4 heteroatoms. The van der Waals surface area contributed by atoms with Crippen molar-refractivity contribution < 1.29 is 4.79 Å². The normalized spacial score (nSPS) is 19.6. The van der Waals surface area contributed by atoms with Crippen LogP contribution in [0.1, 0.15) is 31.7 Å². The van der Waals surface area contributed by atoms with E-state index in [0.717, 1.165) is 24.2 Å². The van der Waals surface area contributed by atoms with E-state index in [4.69, 9.17) is 0 Å². The second kappa shape index (κ2) is 7.29. The molecule has 3 N–H and O–H groups in total. The van der Waals surface area contributed by atoms with E-state index >= 15 is 0 Å². The Labute approximate surface area is 121 Å². The van der Waals surface area contributed by atoms with E-state index in [0.29, 0.717) is 18.5 Å². The van der Waals surface area contributed by atoms with Gasteiger partial charge in [0.15, 0.2) is 0 Å². The molecular formula is C16H25N3O. The van der Waals surface area contributed by atoms with Gasteiger partial charge in [-0.15, -0.1) is 0 Å². The van der Waals surface area contributed by atoms with Crippen LogP contribution in [0.2, 0.25) is 0 Å². The zero-order valence-corrected chi connectivity index (χ0v) is 12.4. The number of amides is 1. The number of likely N-dealkylation sites (N-methyl/N-ethyl adjacent to an activating group) is 1. The van der Waals surface area contributed by atoms with Gasteiger partial charge in [-0.3, -0.25) is 4.79 Å². The summed E-state index contributed by atoms with van der Waals surface area (Å²) in [4.78, 5) is 11.3. The third-order valence-corrected chi connectivity index (χ3v) is 3.81. The van der Waals surface area contributed by atoms with Crippen LogP contribution in [0.15, 0.2) is 24.3 Å². The molecule has 0 saturated carbocycles. The maximum Gasteiger partial charge on any atom is 0.224 e. The summed E-state index contributed by atoms with van der Waals surface area (Å²) < 4.78 is 0. The zero-order chi connectivity index (χ0) is 14.4. The summed E-state index contributed by atoms with van der Waals surface area (Å²) in [5, 5.41) is 9.69. The smallest absolute Gasteiger partial charge is 0.224 e. The SMILES string of the molecule is CNC(=O)Cc1ccc(NC(C)CC2CCCN2)cc1. The van der Waals surface area contributed by atoms with E-state index in [9.17, 15) is 4.79 Å². The first kappa shape index (κ1) is 14.9. The van der Waals surface area contributed by atoms with Gasteiger partial charge in [0.05, 0.1) is 6.42 Å². The highest BCUT2D eigenvalue weighted by Gasteiger charge is 2.16. The predicted molar refractivity (Wildman–Crippen MR) is 82.9 cm³/mol. The van der Waals surface area contributed by atoms with E-state index in [2.05, 4.69) is 35.0 Å². The average molecular weight is 275 g/mol. The standard InChI is InChI=1S/C16H25N3O/c1-12(10-15-4-3-9-18-15)19-14-7-5-13(6-8-14)11-16(20)17-2/h5-8,12,15,18-19H,3-4,9-11H2,1-2H3,(H,17,20). The highest BCUT2D eigenvalue weighted by atomic mass is 16.1. The fourth-order valence-corrected chi connectivity index (χ4v) is 2.72. The topological polar surface area (TPSA) is 53.2 Å². The lowest BCUT2D eigenvalue weighted by Gasteiger charge is -2.19. The molecule has 2 rings (SSSR count). The van der Waals surface area contributed by atoms with Crippen LogP contribution in [0.3, 0.4) is 0 Å². The Morgan fingerprint density at radius 3 is 2.75 bits per heavy atom. The van der Waals surface area contributed by atoms with Gasteiger partial charge >= 0.3 is 0 Å². The van der Waals surface area contributed by atoms with Crippen LogP contribution in [-0.2, 0) is 11.2 Å². The molecule has 0 radical (unpaired) electrons. The van der Waals surface area contributed by atoms with Crippen molar-refractivity contribution in [2.24, 2.45) is 0 Å². The summed E-state index contributed by atoms with van der Waals surface area (Å²) in [5.74, 6) is 0.0476. The monoisotopic (exact) mass is 275 g/mol. The summed E-state index contributed by atoms with van der Waals surface area (Å²) in [6.07, 6.45) is 4.18. The first-order valence-electron chi connectivity index (χ1n) is 7.47. The summed E-state index contributed by atoms with van der Waals surface area (Å²) in [7, 11) is 1.66. The molecule has 0 bridgehead atoms. The Bertz CT molecular complexity index is 424. The van der Waals surface area contributed by atoms with E-state index in [1.54, 1.807) is 7.05 Å². The van der Waals surface area contributed by atoms with Crippen LogP contribution >= 0.6 is 0 Å². The molecule has 1 aliphatic rings. The molecule has 1 amide bonds. The predicted octanol–water partition coefficient (Wildman–Crippen LogP) is 1.92. The molecule has 1 fully saturated rings. The number of carbonyl (C=O) groups excluding carboxylic acids is 1. The van der Waals surface area contributed by atoms with Crippen LogP contribution in [0, 0.1) is 0 Å². The van der Waals surface area contributed by atoms with Crippen LogP contribution in [0.25, 0.3) is 0 Å². The van der Waals surface area contributed by atoms with Crippen molar-refractivity contribution in [3.05, 3.63) is 29.8 Å². The maximum absolute atomic E-state index is 11.3. The van der Waals surface area contributed by atoms with Crippen LogP contribution in [0.5, 0.6) is 0 Å². The Morgan fingerprint density at radius 1 is 1.40 bits per heavy atom. The van der Waals surface area contributed by atoms with Crippen molar-refractivity contribution in [1.82, 2.24) is 10.6 Å². The second-order valence-corrected chi connectivity index (χ2v) is 5.62. The quantitative estimate of drug-likeness (QED) is 0.743. The van der Waals surface area contributed by atoms with Crippen molar-refractivity contribution in [2.75, 3.05) is 18.9 Å². The Hall–Kier alpha value is -1.55. The molecule has 4 nitrogen and oxygen atoms in total. The van der Waals surface area contributed by atoms with Gasteiger partial charge in [-0.1, -0.05) is 12.1 Å². The molecule has 1 aromatic rings. The molecule has 20 heavy (non-hydrogen) atoms. The van der Waals surface area contributed by atoms with Gasteiger partial charge in [0.1, 0.15) is 0 Å². The summed E-state index contributed by atoms with van der Waals surface area (Å²) in [6.45, 7) is 3.38. The molecule has 2 unspecified atom stereocenters. The van der Waals surface area contributed by atoms with Gasteiger partial charge in [0.2, 0.25) is 5.91 Å². The van der Waals surface area contributed by atoms with Crippen molar-refractivity contribution in [3.8, 4) is 0 Å². The summed E-state index contributed by atoms with van der Waals surface area (Å²) in [5.41, 5.74) is 2.16. The number of hydrogen-bond donors (Lipinski definition) is 3. The van der Waals surface area contributed by atoms with Crippen LogP contribution in [0.4, 0.5) is 5.69 Å². The molecule has 0 spiro atoms. The Kier molecular flexibility index (Phi) is 5.41. The van der Waals surface area contributed by atoms with E-state index in [-0.39, 0.29) is 5.91 Å². The molecule has 0 aliphatic carbocycles. The second-order valence-electron chi connectivity index (χ2n) is 5.62. The minimum Gasteiger partial charge on any atom is -0.383 e. The maximum atomic E-state index is 11.3. The van der Waals surface area contributed by atoms with E-state index < -0.39 is 0 Å². The van der Waals surface area contributed by atoms with E-state index in [1.165, 1.54) is 12.8 Å². The van der Waals surface area contributed by atoms with E-state index in [1.807, 2.05) is 12.1 Å². The fourth-order valence-electron chi connectivity index (χ4n) is 2.72. The molecule has 1 aromatic carbocycles. The van der Waals surface area contributed by atoms with Crippen molar-refractivity contribution in [2.45, 2.75) is 44.7 Å². The fraction of sp³-hybridized carbons (Fsp3) is 0.562.